The highest BCUT2D eigenvalue weighted by atomic mass is 16.3. The summed E-state index contributed by atoms with van der Waals surface area (Å²) >= 11 is 0. The van der Waals surface area contributed by atoms with E-state index in [1.807, 2.05) is 6.07 Å². The molecular weight excluding hydrogens is 510 g/mol. The molecule has 0 unspecified atom stereocenters. The topological polar surface area (TPSA) is 16.4 Å². The number of benzene rings is 5. The normalized spacial score (nSPS) is 26.7. The molecule has 0 atom stereocenters. The Morgan fingerprint density at radius 1 is 0.500 bits per heavy atom. The van der Waals surface area contributed by atoms with Crippen molar-refractivity contribution in [2.75, 3.05) is 4.90 Å². The molecule has 0 radical (unpaired) electrons. The highest BCUT2D eigenvalue weighted by Gasteiger charge is 2.61. The second-order valence-corrected chi connectivity index (χ2v) is 13.4. The molecule has 2 heteroatoms. The third kappa shape index (κ3) is 3.00. The lowest BCUT2D eigenvalue weighted by molar-refractivity contribution is -0.0399. The van der Waals surface area contributed by atoms with E-state index in [0.29, 0.717) is 0 Å². The molecule has 5 aliphatic rings. The number of furan rings is 1. The van der Waals surface area contributed by atoms with Crippen molar-refractivity contribution < 1.29 is 4.42 Å². The van der Waals surface area contributed by atoms with Crippen molar-refractivity contribution in [1.82, 2.24) is 0 Å². The van der Waals surface area contributed by atoms with Crippen LogP contribution in [0.4, 0.5) is 17.1 Å². The number of nitrogens with zero attached hydrogens (tertiary/aromatic N) is 1. The molecule has 1 aromatic heterocycles. The van der Waals surface area contributed by atoms with Gasteiger partial charge in [0.2, 0.25) is 0 Å². The van der Waals surface area contributed by atoms with Crippen LogP contribution in [0.3, 0.4) is 0 Å². The average Bonchev–Trinajstić information content (AvgIpc) is 3.54. The van der Waals surface area contributed by atoms with E-state index in [1.165, 1.54) is 54.6 Å². The van der Waals surface area contributed by atoms with Gasteiger partial charge in [0, 0.05) is 33.2 Å². The van der Waals surface area contributed by atoms with Crippen LogP contribution in [0.15, 0.2) is 120 Å². The van der Waals surface area contributed by atoms with Crippen LogP contribution in [0, 0.1) is 23.7 Å². The molecule has 0 N–H and O–H groups in total. The Hall–Kier alpha value is -4.30. The van der Waals surface area contributed by atoms with Crippen molar-refractivity contribution in [3.8, 4) is 11.1 Å². The zero-order valence-electron chi connectivity index (χ0n) is 23.7. The van der Waals surface area contributed by atoms with Crippen molar-refractivity contribution in [1.29, 1.82) is 0 Å². The van der Waals surface area contributed by atoms with E-state index >= 15 is 0 Å². The molecule has 0 saturated heterocycles. The highest BCUT2D eigenvalue weighted by molar-refractivity contribution is 6.06. The third-order valence-corrected chi connectivity index (χ3v) is 11.4. The fourth-order valence-corrected chi connectivity index (χ4v) is 10.2. The van der Waals surface area contributed by atoms with E-state index < -0.39 is 0 Å². The molecule has 1 spiro atoms. The predicted molar refractivity (Wildman–Crippen MR) is 172 cm³/mol. The summed E-state index contributed by atoms with van der Waals surface area (Å²) in [5.74, 6) is 3.47. The lowest BCUT2D eigenvalue weighted by Crippen LogP contribution is -2.55. The lowest BCUT2D eigenvalue weighted by Gasteiger charge is -2.61. The number of hydrogen-bond acceptors (Lipinski definition) is 2. The number of hydrogen-bond donors (Lipinski definition) is 0. The van der Waals surface area contributed by atoms with Gasteiger partial charge in [-0.1, -0.05) is 66.7 Å². The summed E-state index contributed by atoms with van der Waals surface area (Å²) in [5.41, 5.74) is 11.7. The Labute approximate surface area is 246 Å². The Morgan fingerprint density at radius 3 is 1.98 bits per heavy atom. The second-order valence-electron chi connectivity index (χ2n) is 13.4. The zero-order chi connectivity index (χ0) is 27.4. The van der Waals surface area contributed by atoms with E-state index in [4.69, 9.17) is 4.42 Å². The van der Waals surface area contributed by atoms with E-state index in [1.54, 1.807) is 11.1 Å². The van der Waals surface area contributed by atoms with Crippen molar-refractivity contribution >= 4 is 39.0 Å². The molecule has 5 aliphatic carbocycles. The van der Waals surface area contributed by atoms with Crippen LogP contribution in [0.2, 0.25) is 0 Å². The van der Waals surface area contributed by atoms with E-state index in [-0.39, 0.29) is 5.41 Å². The molecule has 204 valence electrons. The Morgan fingerprint density at radius 2 is 1.14 bits per heavy atom. The van der Waals surface area contributed by atoms with Gasteiger partial charge in [-0.3, -0.25) is 0 Å². The zero-order valence-corrected chi connectivity index (χ0v) is 23.7. The Bertz CT molecular complexity index is 1990. The van der Waals surface area contributed by atoms with Gasteiger partial charge < -0.3 is 9.32 Å². The largest absolute Gasteiger partial charge is 0.456 e. The summed E-state index contributed by atoms with van der Waals surface area (Å²) in [4.78, 5) is 2.42. The SMILES string of the molecule is c1ccc(N(c2ccc3c(c2)-c2ccccc2C32C3CC4CC(C3)CC2C4)c2ccc3oc4ccccc4c3c2)cc1. The van der Waals surface area contributed by atoms with Gasteiger partial charge in [0.05, 0.1) is 0 Å². The third-order valence-electron chi connectivity index (χ3n) is 11.4. The number of anilines is 3. The predicted octanol–water partition coefficient (Wildman–Crippen LogP) is 10.8. The molecule has 42 heavy (non-hydrogen) atoms. The fourth-order valence-electron chi connectivity index (χ4n) is 10.2. The van der Waals surface area contributed by atoms with Crippen LogP contribution in [-0.2, 0) is 5.41 Å². The molecule has 0 amide bonds. The second kappa shape index (κ2) is 8.38. The van der Waals surface area contributed by atoms with E-state index in [9.17, 15) is 0 Å². The molecule has 5 aromatic carbocycles. The molecule has 1 heterocycles. The van der Waals surface area contributed by atoms with Crippen LogP contribution in [0.1, 0.15) is 43.2 Å². The maximum absolute atomic E-state index is 6.19. The van der Waals surface area contributed by atoms with Gasteiger partial charge in [0.25, 0.3) is 0 Å². The standard InChI is InChI=1S/C40H33NO/c1-2-8-29(9-3-1)41(31-15-17-39-35(24-31)33-11-5-7-13-38(33)42-39)30-14-16-37-34(23-30)32-10-4-6-12-36(32)40(37)27-19-25-18-26(21-27)22-28(40)20-25/h1-17,23-28H,18-22H2. The van der Waals surface area contributed by atoms with Gasteiger partial charge in [0.1, 0.15) is 11.2 Å². The van der Waals surface area contributed by atoms with Crippen LogP contribution in [-0.4, -0.2) is 0 Å². The van der Waals surface area contributed by atoms with E-state index in [2.05, 4.69) is 114 Å². The smallest absolute Gasteiger partial charge is 0.135 e. The summed E-state index contributed by atoms with van der Waals surface area (Å²) < 4.78 is 6.19. The van der Waals surface area contributed by atoms with Crippen LogP contribution >= 0.6 is 0 Å². The van der Waals surface area contributed by atoms with Crippen molar-refractivity contribution in [3.63, 3.8) is 0 Å². The molecule has 6 aromatic rings. The summed E-state index contributed by atoms with van der Waals surface area (Å²) in [7, 11) is 0. The molecule has 4 fully saturated rings. The first kappa shape index (κ1) is 23.3. The first-order chi connectivity index (χ1) is 20.8. The monoisotopic (exact) mass is 543 g/mol. The minimum Gasteiger partial charge on any atom is -0.456 e. The highest BCUT2D eigenvalue weighted by Crippen LogP contribution is 2.69. The molecule has 4 bridgehead atoms. The van der Waals surface area contributed by atoms with Crippen LogP contribution < -0.4 is 4.90 Å². The number of para-hydroxylation sites is 2. The van der Waals surface area contributed by atoms with Crippen molar-refractivity contribution in [2.45, 2.75) is 37.5 Å². The Balaban J connectivity index is 1.18. The summed E-state index contributed by atoms with van der Waals surface area (Å²) in [6, 6.07) is 42.7. The van der Waals surface area contributed by atoms with Crippen molar-refractivity contribution in [2.24, 2.45) is 23.7 Å². The molecule has 2 nitrogen and oxygen atoms in total. The maximum atomic E-state index is 6.19. The molecule has 11 rings (SSSR count). The Kier molecular flexibility index (Phi) is 4.65. The van der Waals surface area contributed by atoms with Gasteiger partial charge in [-0.05, 0) is 127 Å². The quantitative estimate of drug-likeness (QED) is 0.221. The van der Waals surface area contributed by atoms with Gasteiger partial charge in [-0.2, -0.15) is 0 Å². The van der Waals surface area contributed by atoms with E-state index in [0.717, 1.165) is 51.3 Å². The summed E-state index contributed by atoms with van der Waals surface area (Å²) in [6.07, 6.45) is 7.14. The van der Waals surface area contributed by atoms with Gasteiger partial charge in [-0.25, -0.2) is 0 Å². The van der Waals surface area contributed by atoms with Crippen LogP contribution in [0.25, 0.3) is 33.1 Å². The number of rotatable bonds is 3. The first-order valence-corrected chi connectivity index (χ1v) is 15.8. The van der Waals surface area contributed by atoms with Crippen LogP contribution in [0.5, 0.6) is 0 Å². The van der Waals surface area contributed by atoms with Gasteiger partial charge in [-0.15, -0.1) is 0 Å². The van der Waals surface area contributed by atoms with Gasteiger partial charge in [0.15, 0.2) is 0 Å². The minimum atomic E-state index is 0.198. The molecular formula is C40H33NO. The van der Waals surface area contributed by atoms with Crippen molar-refractivity contribution in [3.05, 3.63) is 126 Å². The maximum Gasteiger partial charge on any atom is 0.135 e. The van der Waals surface area contributed by atoms with Gasteiger partial charge >= 0.3 is 0 Å². The fraction of sp³-hybridized carbons (Fsp3) is 0.250. The lowest BCUT2D eigenvalue weighted by atomic mass is 9.43. The molecule has 0 aliphatic heterocycles. The summed E-state index contributed by atoms with van der Waals surface area (Å²) in [5, 5.41) is 2.32. The summed E-state index contributed by atoms with van der Waals surface area (Å²) in [6.45, 7) is 0. The average molecular weight is 544 g/mol. The number of fused-ring (bicyclic) bond motifs is 6. The first-order valence-electron chi connectivity index (χ1n) is 15.8. The molecule has 4 saturated carbocycles. The minimum absolute atomic E-state index is 0.198.